The van der Waals surface area contributed by atoms with Crippen LogP contribution in [0.3, 0.4) is 0 Å². The number of nitrogens with one attached hydrogen (secondary N) is 1. The molecule has 20 heavy (non-hydrogen) atoms. The van der Waals surface area contributed by atoms with Crippen LogP contribution in [0.15, 0.2) is 24.5 Å². The van der Waals surface area contributed by atoms with Gasteiger partial charge in [-0.2, -0.15) is 5.10 Å². The molecule has 0 saturated heterocycles. The van der Waals surface area contributed by atoms with Gasteiger partial charge < -0.3 is 9.64 Å². The Labute approximate surface area is 123 Å². The molecule has 6 nitrogen and oxygen atoms in total. The molecule has 108 valence electrons. The van der Waals surface area contributed by atoms with Crippen molar-refractivity contribution >= 4 is 12.2 Å². The van der Waals surface area contributed by atoms with Crippen molar-refractivity contribution < 1.29 is 4.74 Å². The summed E-state index contributed by atoms with van der Waals surface area (Å²) in [6, 6.07) is 3.85. The minimum atomic E-state index is 0.636. The molecule has 2 rings (SSSR count). The second-order valence-corrected chi connectivity index (χ2v) is 4.92. The molecule has 0 spiro atoms. The minimum absolute atomic E-state index is 0.636. The molecule has 2 heterocycles. The van der Waals surface area contributed by atoms with Gasteiger partial charge in [0.15, 0.2) is 10.6 Å². The molecule has 1 N–H and O–H groups in total. The third-order valence-electron chi connectivity index (χ3n) is 3.08. The summed E-state index contributed by atoms with van der Waals surface area (Å²) >= 11 is 5.30. The van der Waals surface area contributed by atoms with Crippen molar-refractivity contribution in [2.75, 3.05) is 33.9 Å². The van der Waals surface area contributed by atoms with Crippen molar-refractivity contribution in [1.82, 2.24) is 24.6 Å². The second kappa shape index (κ2) is 7.28. The van der Waals surface area contributed by atoms with Gasteiger partial charge in [0.1, 0.15) is 0 Å². The first kappa shape index (κ1) is 14.8. The van der Waals surface area contributed by atoms with Crippen LogP contribution in [0, 0.1) is 4.77 Å². The maximum atomic E-state index is 5.30. The number of aromatic amines is 1. The molecule has 0 atom stereocenters. The van der Waals surface area contributed by atoms with E-state index in [0.29, 0.717) is 4.77 Å². The maximum Gasteiger partial charge on any atom is 0.195 e. The van der Waals surface area contributed by atoms with E-state index in [1.54, 1.807) is 19.5 Å². The van der Waals surface area contributed by atoms with Crippen LogP contribution in [0.1, 0.15) is 0 Å². The number of hydrogen-bond acceptors (Lipinski definition) is 5. The smallest absolute Gasteiger partial charge is 0.195 e. The van der Waals surface area contributed by atoms with E-state index in [4.69, 9.17) is 17.0 Å². The van der Waals surface area contributed by atoms with Crippen LogP contribution < -0.4 is 0 Å². The largest absolute Gasteiger partial charge is 0.383 e. The molecule has 2 aromatic rings. The zero-order valence-corrected chi connectivity index (χ0v) is 12.6. The predicted octanol–water partition coefficient (Wildman–Crippen LogP) is 1.58. The molecule has 0 saturated carbocycles. The molecular weight excluding hydrogens is 274 g/mol. The van der Waals surface area contributed by atoms with Gasteiger partial charge in [-0.3, -0.25) is 14.6 Å². The van der Waals surface area contributed by atoms with Crippen molar-refractivity contribution in [2.45, 2.75) is 6.54 Å². The number of H-pyrrole nitrogens is 1. The normalized spacial score (nSPS) is 11.2. The first-order valence-electron chi connectivity index (χ1n) is 6.45. The Morgan fingerprint density at radius 2 is 2.10 bits per heavy atom. The van der Waals surface area contributed by atoms with Gasteiger partial charge in [-0.05, 0) is 31.4 Å². The molecule has 0 bridgehead atoms. The SMILES string of the molecule is COCCN(C)CCn1c(-c2ccncc2)n[nH]c1=S. The van der Waals surface area contributed by atoms with Crippen LogP contribution in [0.2, 0.25) is 0 Å². The first-order valence-corrected chi connectivity index (χ1v) is 6.86. The second-order valence-electron chi connectivity index (χ2n) is 4.54. The summed E-state index contributed by atoms with van der Waals surface area (Å²) in [4.78, 5) is 6.22. The third-order valence-corrected chi connectivity index (χ3v) is 3.39. The number of rotatable bonds is 7. The topological polar surface area (TPSA) is 59.0 Å². The maximum absolute atomic E-state index is 5.30. The fraction of sp³-hybridized carbons (Fsp3) is 0.462. The number of ether oxygens (including phenoxy) is 1. The lowest BCUT2D eigenvalue weighted by atomic mass is 10.2. The number of pyridine rings is 1. The van der Waals surface area contributed by atoms with Gasteiger partial charge in [-0.25, -0.2) is 0 Å². The van der Waals surface area contributed by atoms with Crippen molar-refractivity contribution in [3.8, 4) is 11.4 Å². The molecule has 0 fully saturated rings. The number of aromatic nitrogens is 4. The molecule has 0 aromatic carbocycles. The Morgan fingerprint density at radius 1 is 1.35 bits per heavy atom. The summed E-state index contributed by atoms with van der Waals surface area (Å²) in [5.74, 6) is 0.845. The van der Waals surface area contributed by atoms with E-state index in [2.05, 4.69) is 27.1 Å². The lowest BCUT2D eigenvalue weighted by Crippen LogP contribution is -2.27. The highest BCUT2D eigenvalue weighted by Crippen LogP contribution is 2.15. The van der Waals surface area contributed by atoms with E-state index in [9.17, 15) is 0 Å². The molecule has 0 aliphatic heterocycles. The molecule has 0 amide bonds. The molecule has 0 aliphatic rings. The number of methoxy groups -OCH3 is 1. The highest BCUT2D eigenvalue weighted by Gasteiger charge is 2.09. The highest BCUT2D eigenvalue weighted by atomic mass is 32.1. The molecule has 0 radical (unpaired) electrons. The van der Waals surface area contributed by atoms with Gasteiger partial charge in [0.25, 0.3) is 0 Å². The van der Waals surface area contributed by atoms with Gasteiger partial charge in [-0.1, -0.05) is 0 Å². The van der Waals surface area contributed by atoms with Crippen molar-refractivity contribution in [1.29, 1.82) is 0 Å². The van der Waals surface area contributed by atoms with E-state index in [1.807, 2.05) is 16.7 Å². The van der Waals surface area contributed by atoms with E-state index < -0.39 is 0 Å². The van der Waals surface area contributed by atoms with Gasteiger partial charge in [0.2, 0.25) is 0 Å². The van der Waals surface area contributed by atoms with E-state index in [0.717, 1.165) is 37.6 Å². The zero-order chi connectivity index (χ0) is 14.4. The van der Waals surface area contributed by atoms with Crippen LogP contribution in [-0.4, -0.2) is 58.5 Å². The van der Waals surface area contributed by atoms with Crippen molar-refractivity contribution in [3.63, 3.8) is 0 Å². The summed E-state index contributed by atoms with van der Waals surface area (Å²) in [5.41, 5.74) is 1.01. The van der Waals surface area contributed by atoms with Crippen LogP contribution in [0.25, 0.3) is 11.4 Å². The van der Waals surface area contributed by atoms with Gasteiger partial charge in [0, 0.05) is 44.7 Å². The molecule has 0 unspecified atom stereocenters. The standard InChI is InChI=1S/C13H19N5OS/c1-17(9-10-19-2)7-8-18-12(15-16-13(18)20)11-3-5-14-6-4-11/h3-6H,7-10H2,1-2H3,(H,16,20). The van der Waals surface area contributed by atoms with Crippen LogP contribution in [-0.2, 0) is 11.3 Å². The Bertz CT molecular complexity index is 580. The lowest BCUT2D eigenvalue weighted by molar-refractivity contribution is 0.159. The lowest BCUT2D eigenvalue weighted by Gasteiger charge is -2.16. The van der Waals surface area contributed by atoms with Crippen molar-refractivity contribution in [3.05, 3.63) is 29.3 Å². The predicted molar refractivity (Wildman–Crippen MR) is 80.0 cm³/mol. The molecule has 0 aliphatic carbocycles. The Kier molecular flexibility index (Phi) is 5.40. The molecular formula is C13H19N5OS. The van der Waals surface area contributed by atoms with Crippen LogP contribution in [0.5, 0.6) is 0 Å². The van der Waals surface area contributed by atoms with Gasteiger partial charge in [-0.15, -0.1) is 0 Å². The zero-order valence-electron chi connectivity index (χ0n) is 11.7. The average Bonchev–Trinajstić information content (AvgIpc) is 2.85. The molecule has 7 heteroatoms. The first-order chi connectivity index (χ1) is 9.72. The fourth-order valence-corrected chi connectivity index (χ4v) is 2.10. The van der Waals surface area contributed by atoms with Crippen LogP contribution >= 0.6 is 12.2 Å². The van der Waals surface area contributed by atoms with Gasteiger partial charge in [0.05, 0.1) is 6.61 Å². The summed E-state index contributed by atoms with van der Waals surface area (Å²) in [6.07, 6.45) is 3.50. The van der Waals surface area contributed by atoms with Gasteiger partial charge >= 0.3 is 0 Å². The number of nitrogens with zero attached hydrogens (tertiary/aromatic N) is 4. The number of hydrogen-bond donors (Lipinski definition) is 1. The van der Waals surface area contributed by atoms with E-state index in [-0.39, 0.29) is 0 Å². The Hall–Kier alpha value is -1.57. The third kappa shape index (κ3) is 3.72. The monoisotopic (exact) mass is 293 g/mol. The number of likely N-dealkylation sites (N-methyl/N-ethyl adjacent to an activating group) is 1. The highest BCUT2D eigenvalue weighted by molar-refractivity contribution is 7.71. The van der Waals surface area contributed by atoms with Crippen molar-refractivity contribution in [2.24, 2.45) is 0 Å². The quantitative estimate of drug-likeness (QED) is 0.786. The minimum Gasteiger partial charge on any atom is -0.383 e. The Morgan fingerprint density at radius 3 is 2.80 bits per heavy atom. The Balaban J connectivity index is 2.09. The van der Waals surface area contributed by atoms with Crippen LogP contribution in [0.4, 0.5) is 0 Å². The summed E-state index contributed by atoms with van der Waals surface area (Å²) in [5, 5.41) is 7.16. The summed E-state index contributed by atoms with van der Waals surface area (Å²) < 4.78 is 7.72. The average molecular weight is 293 g/mol. The summed E-state index contributed by atoms with van der Waals surface area (Å²) in [6.45, 7) is 3.29. The molecule has 2 aromatic heterocycles. The fourth-order valence-electron chi connectivity index (χ4n) is 1.88. The summed E-state index contributed by atoms with van der Waals surface area (Å²) in [7, 11) is 3.77. The van der Waals surface area contributed by atoms with E-state index >= 15 is 0 Å². The van der Waals surface area contributed by atoms with E-state index in [1.165, 1.54) is 0 Å².